The Morgan fingerprint density at radius 1 is 0.972 bits per heavy atom. The summed E-state index contributed by atoms with van der Waals surface area (Å²) in [6.45, 7) is 13.2. The van der Waals surface area contributed by atoms with E-state index in [-0.39, 0.29) is 47.1 Å². The Morgan fingerprint density at radius 3 is 2.25 bits per heavy atom. The van der Waals surface area contributed by atoms with Gasteiger partial charge in [-0.15, -0.1) is 0 Å². The molecular weight excluding hydrogens is 454 g/mol. The lowest BCUT2D eigenvalue weighted by molar-refractivity contribution is -0.245. The van der Waals surface area contributed by atoms with Crippen LogP contribution < -0.4 is 5.32 Å². The fourth-order valence-corrected chi connectivity index (χ4v) is 10.6. The maximum atomic E-state index is 12.5. The minimum Gasteiger partial charge on any atom is -0.480 e. The fraction of sp³-hybridized carbons (Fsp3) is 0.933. The van der Waals surface area contributed by atoms with E-state index in [0.717, 1.165) is 51.4 Å². The van der Waals surface area contributed by atoms with Crippen molar-refractivity contribution in [3.63, 3.8) is 0 Å². The Bertz CT molecular complexity index is 843. The highest BCUT2D eigenvalue weighted by Crippen LogP contribution is 2.71. The van der Waals surface area contributed by atoms with Crippen LogP contribution in [0, 0.1) is 58.2 Å². The highest BCUT2D eigenvalue weighted by atomic mass is 16.4. The fourth-order valence-electron chi connectivity index (χ4n) is 10.6. The van der Waals surface area contributed by atoms with Crippen molar-refractivity contribution in [2.45, 2.75) is 111 Å². The molecule has 4 aliphatic rings. The molecule has 4 rings (SSSR count). The third-order valence-electron chi connectivity index (χ3n) is 12.2. The molecular formula is C30H51NO5. The molecule has 4 N–H and O–H groups in total. The molecule has 4 aliphatic carbocycles. The van der Waals surface area contributed by atoms with Gasteiger partial charge in [0.05, 0.1) is 11.7 Å². The number of aliphatic hydroxyl groups is 2. The monoisotopic (exact) mass is 505 g/mol. The van der Waals surface area contributed by atoms with E-state index in [1.807, 2.05) is 6.92 Å². The molecule has 0 radical (unpaired) electrons. The van der Waals surface area contributed by atoms with E-state index in [9.17, 15) is 19.8 Å². The molecule has 4 saturated carbocycles. The quantitative estimate of drug-likeness (QED) is 0.395. The average Bonchev–Trinajstić information content (AvgIpc) is 3.15. The lowest BCUT2D eigenvalue weighted by Crippen LogP contribution is -2.66. The van der Waals surface area contributed by atoms with Gasteiger partial charge in [-0.25, -0.2) is 0 Å². The van der Waals surface area contributed by atoms with Gasteiger partial charge in [0.25, 0.3) is 0 Å². The summed E-state index contributed by atoms with van der Waals surface area (Å²) in [7, 11) is 0. The lowest BCUT2D eigenvalue weighted by atomic mass is 9.38. The molecule has 4 fully saturated rings. The van der Waals surface area contributed by atoms with Gasteiger partial charge in [0.2, 0.25) is 5.91 Å². The number of aliphatic carboxylic acids is 1. The minimum atomic E-state index is -1.01. The third-order valence-corrected chi connectivity index (χ3v) is 12.2. The van der Waals surface area contributed by atoms with Crippen LogP contribution >= 0.6 is 0 Å². The SMILES string of the molecule is CC[C@@H]1[C@@H]2C[C@H](O)CC[C@]2(C)C2CC[C@@]3(C)C(CC[C@@H]3[C@@H](C)C[C@@H](C)C(=O)NCC(=O)O)C2[C@]1(C)O. The van der Waals surface area contributed by atoms with E-state index in [0.29, 0.717) is 29.6 Å². The molecule has 0 saturated heterocycles. The predicted molar refractivity (Wildman–Crippen MR) is 140 cm³/mol. The summed E-state index contributed by atoms with van der Waals surface area (Å²) in [4.78, 5) is 23.3. The van der Waals surface area contributed by atoms with E-state index >= 15 is 0 Å². The molecule has 0 spiro atoms. The van der Waals surface area contributed by atoms with Gasteiger partial charge >= 0.3 is 5.97 Å². The van der Waals surface area contributed by atoms with Crippen LogP contribution in [0.3, 0.4) is 0 Å². The number of amides is 1. The molecule has 206 valence electrons. The number of rotatable bonds is 7. The molecule has 0 aromatic carbocycles. The van der Waals surface area contributed by atoms with Gasteiger partial charge in [-0.05, 0) is 111 Å². The molecule has 0 aromatic rings. The van der Waals surface area contributed by atoms with Crippen molar-refractivity contribution in [3.8, 4) is 0 Å². The van der Waals surface area contributed by atoms with Crippen LogP contribution in [0.15, 0.2) is 0 Å². The van der Waals surface area contributed by atoms with Gasteiger partial charge in [0, 0.05) is 5.92 Å². The smallest absolute Gasteiger partial charge is 0.322 e. The second-order valence-electron chi connectivity index (χ2n) is 14.0. The van der Waals surface area contributed by atoms with Gasteiger partial charge < -0.3 is 20.6 Å². The van der Waals surface area contributed by atoms with Crippen LogP contribution in [0.25, 0.3) is 0 Å². The first-order valence-electron chi connectivity index (χ1n) is 14.7. The van der Waals surface area contributed by atoms with Gasteiger partial charge in [-0.1, -0.05) is 41.0 Å². The zero-order chi connectivity index (χ0) is 26.6. The van der Waals surface area contributed by atoms with Crippen molar-refractivity contribution in [1.82, 2.24) is 5.32 Å². The Kier molecular flexibility index (Phi) is 7.65. The topological polar surface area (TPSA) is 107 Å². The minimum absolute atomic E-state index is 0.150. The molecule has 0 bridgehead atoms. The average molecular weight is 506 g/mol. The van der Waals surface area contributed by atoms with Crippen LogP contribution in [-0.2, 0) is 9.59 Å². The Hall–Kier alpha value is -1.14. The summed E-state index contributed by atoms with van der Waals surface area (Å²) in [6, 6.07) is 0. The number of fused-ring (bicyclic) bond motifs is 5. The van der Waals surface area contributed by atoms with Crippen molar-refractivity contribution < 1.29 is 24.9 Å². The third kappa shape index (κ3) is 4.42. The largest absolute Gasteiger partial charge is 0.480 e. The molecule has 3 unspecified atom stereocenters. The van der Waals surface area contributed by atoms with E-state index < -0.39 is 11.6 Å². The van der Waals surface area contributed by atoms with E-state index in [1.165, 1.54) is 6.42 Å². The van der Waals surface area contributed by atoms with E-state index in [4.69, 9.17) is 5.11 Å². The number of carbonyl (C=O) groups excluding carboxylic acids is 1. The molecule has 6 heteroatoms. The van der Waals surface area contributed by atoms with Crippen molar-refractivity contribution in [1.29, 1.82) is 0 Å². The number of nitrogens with one attached hydrogen (secondary N) is 1. The van der Waals surface area contributed by atoms with Crippen LogP contribution in [0.4, 0.5) is 0 Å². The van der Waals surface area contributed by atoms with E-state index in [1.54, 1.807) is 0 Å². The molecule has 0 aromatic heterocycles. The maximum absolute atomic E-state index is 12.5. The number of hydrogen-bond donors (Lipinski definition) is 4. The first-order valence-corrected chi connectivity index (χ1v) is 14.7. The van der Waals surface area contributed by atoms with Gasteiger partial charge in [-0.2, -0.15) is 0 Å². The van der Waals surface area contributed by atoms with Gasteiger partial charge in [-0.3, -0.25) is 9.59 Å². The highest BCUT2D eigenvalue weighted by molar-refractivity contribution is 5.82. The van der Waals surface area contributed by atoms with Crippen molar-refractivity contribution in [3.05, 3.63) is 0 Å². The summed E-state index contributed by atoms with van der Waals surface area (Å²) in [6.07, 6.45) is 8.87. The maximum Gasteiger partial charge on any atom is 0.322 e. The summed E-state index contributed by atoms with van der Waals surface area (Å²) >= 11 is 0. The molecule has 0 heterocycles. The zero-order valence-corrected chi connectivity index (χ0v) is 23.4. The Labute approximate surface area is 218 Å². The standard InChI is InChI=1S/C30H51NO5/c1-7-20-24-15-19(32)10-12-29(24,5)23-11-13-28(4)21(8-9-22(28)26(23)30(20,6)36)17(2)14-18(3)27(35)31-16-25(33)34/h17-24,26,32,36H,7-16H2,1-6H3,(H,31,35)(H,33,34)/t17-,18+,19+,20+,21+,22?,23?,24-,26?,28+,29+,30+/m0/s1. The second kappa shape index (κ2) is 9.87. The number of hydrogen-bond acceptors (Lipinski definition) is 4. The van der Waals surface area contributed by atoms with Crippen LogP contribution in [0.5, 0.6) is 0 Å². The van der Waals surface area contributed by atoms with Crippen molar-refractivity contribution in [2.24, 2.45) is 58.2 Å². The summed E-state index contributed by atoms with van der Waals surface area (Å²) in [5.41, 5.74) is -0.388. The Morgan fingerprint density at radius 2 is 1.61 bits per heavy atom. The van der Waals surface area contributed by atoms with Gasteiger partial charge in [0.15, 0.2) is 0 Å². The Balaban J connectivity index is 1.56. The number of carboxylic acid groups (broad SMARTS) is 1. The highest BCUT2D eigenvalue weighted by Gasteiger charge is 2.68. The molecule has 12 atom stereocenters. The number of aliphatic hydroxyl groups excluding tert-OH is 1. The van der Waals surface area contributed by atoms with Crippen LogP contribution in [0.1, 0.15) is 99.3 Å². The van der Waals surface area contributed by atoms with E-state index in [2.05, 4.69) is 39.9 Å². The molecule has 1 amide bonds. The second-order valence-corrected chi connectivity index (χ2v) is 14.0. The van der Waals surface area contributed by atoms with Gasteiger partial charge in [0.1, 0.15) is 6.54 Å². The first kappa shape index (κ1) is 27.9. The van der Waals surface area contributed by atoms with Crippen molar-refractivity contribution >= 4 is 11.9 Å². The number of carbonyl (C=O) groups is 2. The number of carboxylic acids is 1. The lowest BCUT2D eigenvalue weighted by Gasteiger charge is -2.68. The summed E-state index contributed by atoms with van der Waals surface area (Å²) < 4.78 is 0. The molecule has 6 nitrogen and oxygen atoms in total. The zero-order valence-electron chi connectivity index (χ0n) is 23.4. The van der Waals surface area contributed by atoms with Crippen LogP contribution in [-0.4, -0.2) is 45.4 Å². The summed E-state index contributed by atoms with van der Waals surface area (Å²) in [5.74, 6) is 1.34. The van der Waals surface area contributed by atoms with Crippen LogP contribution in [0.2, 0.25) is 0 Å². The molecule has 36 heavy (non-hydrogen) atoms. The normalized spacial score (nSPS) is 47.7. The molecule has 0 aliphatic heterocycles. The first-order chi connectivity index (χ1) is 16.8. The summed E-state index contributed by atoms with van der Waals surface area (Å²) in [5, 5.41) is 34.3. The van der Waals surface area contributed by atoms with Crippen molar-refractivity contribution in [2.75, 3.05) is 6.54 Å². The predicted octanol–water partition coefficient (Wildman–Crippen LogP) is 4.87.